The van der Waals surface area contributed by atoms with Gasteiger partial charge in [0.05, 0.1) is 38.2 Å². The molecular formula is C43H61F2N15O15. The Morgan fingerprint density at radius 3 is 1.39 bits per heavy atom. The van der Waals surface area contributed by atoms with Crippen LogP contribution >= 0.6 is 0 Å². The number of oxime groups is 1. The van der Waals surface area contributed by atoms with Crippen molar-refractivity contribution in [2.75, 3.05) is 39.4 Å². The highest BCUT2D eigenvalue weighted by Gasteiger charge is 2.26. The van der Waals surface area contributed by atoms with Gasteiger partial charge in [0.2, 0.25) is 35.4 Å². The SMILES string of the molecule is CC(=O)C(CC(=O)O)NC(=O)CNC(=O)C(CCCN=C(N)N)NC(=O)CO/N=C/c1ccc(F)cc1.NOCC(=O)NC(CCCN=C(N)N)C(=O)NCC(=O)NC(CC(=O)O)C(N)=O.O=Cc1ccc(F)cc1. The fourth-order valence-electron chi connectivity index (χ4n) is 5.32. The molecular weight excluding hydrogens is 1000 g/mol. The van der Waals surface area contributed by atoms with E-state index in [9.17, 15) is 61.5 Å². The molecule has 0 aliphatic rings. The zero-order chi connectivity index (χ0) is 56.9. The number of Topliss-reactive ketones (excluding diaryl/α,β-unsaturated/α-hetero) is 1. The Labute approximate surface area is 426 Å². The van der Waals surface area contributed by atoms with Gasteiger partial charge >= 0.3 is 11.9 Å². The van der Waals surface area contributed by atoms with Gasteiger partial charge in [-0.05, 0) is 74.6 Å². The maximum absolute atomic E-state index is 12.9. The lowest BCUT2D eigenvalue weighted by atomic mass is 10.1. The van der Waals surface area contributed by atoms with Crippen LogP contribution in [0, 0.1) is 11.6 Å². The van der Waals surface area contributed by atoms with E-state index >= 15 is 0 Å². The maximum Gasteiger partial charge on any atom is 0.305 e. The molecule has 412 valence electrons. The zero-order valence-electron chi connectivity index (χ0n) is 40.3. The third-order valence-electron chi connectivity index (χ3n) is 8.86. The van der Waals surface area contributed by atoms with Crippen LogP contribution < -0.4 is 66.5 Å². The fourth-order valence-corrected chi connectivity index (χ4v) is 5.32. The Morgan fingerprint density at radius 2 is 1.00 bits per heavy atom. The molecule has 0 fully saturated rings. The van der Waals surface area contributed by atoms with Gasteiger partial charge in [0.25, 0.3) is 5.91 Å². The Kier molecular flexibility index (Phi) is 33.0. The first-order valence-electron chi connectivity index (χ1n) is 21.9. The number of nitrogens with two attached hydrogens (primary N) is 6. The average Bonchev–Trinajstić information content (AvgIpc) is 3.33. The number of aldehydes is 1. The molecule has 20 N–H and O–H groups in total. The molecule has 0 saturated heterocycles. The third-order valence-corrected chi connectivity index (χ3v) is 8.86. The number of primary amides is 1. The number of aliphatic imine (C=N–C) groups is 2. The van der Waals surface area contributed by atoms with E-state index in [1.807, 2.05) is 0 Å². The molecule has 32 heteroatoms. The van der Waals surface area contributed by atoms with E-state index in [0.29, 0.717) is 30.3 Å². The molecule has 4 atom stereocenters. The molecule has 0 aliphatic carbocycles. The highest BCUT2D eigenvalue weighted by Crippen LogP contribution is 2.03. The highest BCUT2D eigenvalue weighted by molar-refractivity contribution is 5.95. The van der Waals surface area contributed by atoms with E-state index in [1.165, 1.54) is 54.7 Å². The largest absolute Gasteiger partial charge is 0.481 e. The minimum absolute atomic E-state index is 0.101. The van der Waals surface area contributed by atoms with Crippen LogP contribution in [-0.2, 0) is 57.6 Å². The standard InChI is InChI=1S/C22H30FN7O7.C14H26N8O7.C7H5FO/c1-13(31)17(9-20(34)35)30-18(32)11-27-21(36)16(3-2-8-26-22(24)25)29-19(33)12-37-28-10-14-4-6-15(23)7-5-14;15-12(27)8(4-11(25)26)22-9(23)5-20-13(28)7(21-10(24)6-29-18)2-1-3-19-14(16)17;8-7-3-1-6(5-9)2-4-7/h4-7,10,16-17H,2-3,8-9,11-12H2,1H3,(H,27,36)(H,29,33)(H,30,32)(H,34,35)(H4,24,25,26);7-8H,1-6,18H2,(H2,15,27)(H,20,28)(H,21,24)(H,22,23)(H,25,26)(H4,16,17,19);1-5H/b28-10+;;. The molecule has 0 saturated carbocycles. The summed E-state index contributed by atoms with van der Waals surface area (Å²) in [6.07, 6.45) is 1.49. The summed E-state index contributed by atoms with van der Waals surface area (Å²) in [5.41, 5.74) is 27.0. The molecule has 7 amide bonds. The number of halogens is 2. The number of nitrogens with zero attached hydrogens (tertiary/aromatic N) is 3. The van der Waals surface area contributed by atoms with Crippen LogP contribution in [-0.4, -0.2) is 157 Å². The van der Waals surface area contributed by atoms with E-state index in [2.05, 4.69) is 51.9 Å². The normalized spacial score (nSPS) is 11.8. The fraction of sp³-hybridized carbons (Fsp3) is 0.395. The number of carbonyl (C=O) groups is 11. The lowest BCUT2D eigenvalue weighted by Gasteiger charge is -2.19. The van der Waals surface area contributed by atoms with Crippen molar-refractivity contribution in [1.82, 2.24) is 31.9 Å². The molecule has 0 heterocycles. The second-order valence-corrected chi connectivity index (χ2v) is 15.1. The first kappa shape index (κ1) is 65.8. The Bertz CT molecular complexity index is 2320. The van der Waals surface area contributed by atoms with Gasteiger partial charge in [0, 0.05) is 18.7 Å². The zero-order valence-corrected chi connectivity index (χ0v) is 40.3. The summed E-state index contributed by atoms with van der Waals surface area (Å²) in [5.74, 6) is -4.89. The number of guanidine groups is 2. The van der Waals surface area contributed by atoms with E-state index < -0.39 is 128 Å². The van der Waals surface area contributed by atoms with Gasteiger partial charge in [-0.15, -0.1) is 0 Å². The number of benzene rings is 2. The van der Waals surface area contributed by atoms with Gasteiger partial charge in [0.1, 0.15) is 42.7 Å². The van der Waals surface area contributed by atoms with E-state index in [0.717, 1.165) is 6.92 Å². The first-order valence-corrected chi connectivity index (χ1v) is 21.9. The minimum atomic E-state index is -1.44. The summed E-state index contributed by atoms with van der Waals surface area (Å²) in [5, 5.41) is 34.8. The number of nitrogens with one attached hydrogen (secondary N) is 6. The smallest absolute Gasteiger partial charge is 0.305 e. The number of amides is 7. The molecule has 4 unspecified atom stereocenters. The van der Waals surface area contributed by atoms with Gasteiger partial charge in [0.15, 0.2) is 24.3 Å². The second-order valence-electron chi connectivity index (χ2n) is 15.1. The van der Waals surface area contributed by atoms with Crippen LogP contribution in [0.2, 0.25) is 0 Å². The lowest BCUT2D eigenvalue weighted by Crippen LogP contribution is -2.52. The number of hydrogen-bond donors (Lipinski definition) is 14. The Hall–Kier alpha value is -9.20. The van der Waals surface area contributed by atoms with E-state index in [1.54, 1.807) is 0 Å². The Balaban J connectivity index is 0.00000127. The summed E-state index contributed by atoms with van der Waals surface area (Å²) in [7, 11) is 0. The number of aliphatic carboxylic acids is 2. The summed E-state index contributed by atoms with van der Waals surface area (Å²) in [6, 6.07) is 5.91. The van der Waals surface area contributed by atoms with Crippen molar-refractivity contribution in [2.45, 2.75) is 69.6 Å². The number of carbonyl (C=O) groups excluding carboxylic acids is 9. The monoisotopic (exact) mass is 1070 g/mol. The molecule has 2 aromatic carbocycles. The minimum Gasteiger partial charge on any atom is -0.481 e. The topological polar surface area (TPSA) is 512 Å². The molecule has 2 aromatic rings. The Morgan fingerprint density at radius 1 is 0.600 bits per heavy atom. The first-order chi connectivity index (χ1) is 35.4. The van der Waals surface area contributed by atoms with Crippen LogP contribution in [0.1, 0.15) is 61.4 Å². The van der Waals surface area contributed by atoms with Crippen molar-refractivity contribution in [1.29, 1.82) is 0 Å². The van der Waals surface area contributed by atoms with Crippen molar-refractivity contribution in [3.63, 3.8) is 0 Å². The molecule has 0 aliphatic heterocycles. The average molecular weight is 1070 g/mol. The molecule has 0 spiro atoms. The van der Waals surface area contributed by atoms with E-state index in [4.69, 9.17) is 49.6 Å². The quantitative estimate of drug-likeness (QED) is 0.0111. The molecule has 0 radical (unpaired) electrons. The summed E-state index contributed by atoms with van der Waals surface area (Å²) < 4.78 is 25.0. The van der Waals surface area contributed by atoms with Gasteiger partial charge in [-0.3, -0.25) is 67.6 Å². The van der Waals surface area contributed by atoms with Crippen LogP contribution in [0.15, 0.2) is 63.7 Å². The third kappa shape index (κ3) is 33.9. The number of carboxylic acid groups (broad SMARTS) is 2. The van der Waals surface area contributed by atoms with Crippen LogP contribution in [0.5, 0.6) is 0 Å². The van der Waals surface area contributed by atoms with Crippen molar-refractivity contribution in [3.8, 4) is 0 Å². The number of rotatable bonds is 31. The van der Waals surface area contributed by atoms with Crippen LogP contribution in [0.3, 0.4) is 0 Å². The predicted molar refractivity (Wildman–Crippen MR) is 260 cm³/mol. The number of ketones is 1. The van der Waals surface area contributed by atoms with E-state index in [-0.39, 0.29) is 43.7 Å². The second kappa shape index (κ2) is 37.6. The summed E-state index contributed by atoms with van der Waals surface area (Å²) in [4.78, 5) is 143. The molecule has 2 rings (SSSR count). The summed E-state index contributed by atoms with van der Waals surface area (Å²) in [6.45, 7) is -0.683. The van der Waals surface area contributed by atoms with Gasteiger partial charge in [-0.2, -0.15) is 0 Å². The molecule has 0 aromatic heterocycles. The predicted octanol–water partition coefficient (Wildman–Crippen LogP) is -5.01. The van der Waals surface area contributed by atoms with Crippen LogP contribution in [0.25, 0.3) is 0 Å². The van der Waals surface area contributed by atoms with Crippen molar-refractivity contribution in [2.24, 2.45) is 49.7 Å². The maximum atomic E-state index is 12.9. The molecule has 0 bridgehead atoms. The van der Waals surface area contributed by atoms with Crippen LogP contribution in [0.4, 0.5) is 8.78 Å². The lowest BCUT2D eigenvalue weighted by molar-refractivity contribution is -0.140. The van der Waals surface area contributed by atoms with Crippen molar-refractivity contribution < 1.29 is 81.4 Å². The molecule has 30 nitrogen and oxygen atoms in total. The molecule has 75 heavy (non-hydrogen) atoms. The highest BCUT2D eigenvalue weighted by atomic mass is 19.1. The van der Waals surface area contributed by atoms with Gasteiger partial charge in [-0.25, -0.2) is 14.7 Å². The van der Waals surface area contributed by atoms with Gasteiger partial charge in [-0.1, -0.05) is 17.3 Å². The van der Waals surface area contributed by atoms with Crippen molar-refractivity contribution in [3.05, 3.63) is 71.3 Å². The number of carboxylic acids is 2. The van der Waals surface area contributed by atoms with Gasteiger partial charge < -0.3 is 75.6 Å². The number of hydrogen-bond acceptors (Lipinski definition) is 17. The van der Waals surface area contributed by atoms with Crippen molar-refractivity contribution >= 4 is 83.5 Å². The summed E-state index contributed by atoms with van der Waals surface area (Å²) >= 11 is 0.